The van der Waals surface area contributed by atoms with Crippen molar-refractivity contribution in [2.24, 2.45) is 0 Å². The van der Waals surface area contributed by atoms with Gasteiger partial charge < -0.3 is 9.88 Å². The van der Waals surface area contributed by atoms with E-state index in [0.29, 0.717) is 16.8 Å². The van der Waals surface area contributed by atoms with Crippen molar-refractivity contribution in [3.8, 4) is 0 Å². The molecule has 0 radical (unpaired) electrons. The van der Waals surface area contributed by atoms with Crippen molar-refractivity contribution in [3.05, 3.63) is 104 Å². The Morgan fingerprint density at radius 1 is 1.00 bits per heavy atom. The molecule has 0 aliphatic rings. The summed E-state index contributed by atoms with van der Waals surface area (Å²) in [4.78, 5) is 47.3. The molecule has 3 aromatic rings. The monoisotopic (exact) mass is 391 g/mol. The summed E-state index contributed by atoms with van der Waals surface area (Å²) in [7, 11) is 0. The summed E-state index contributed by atoms with van der Waals surface area (Å²) in [5.74, 6) is -0.828. The number of benzene rings is 2. The predicted octanol–water partition coefficient (Wildman–Crippen LogP) is 3.26. The highest BCUT2D eigenvalue weighted by molar-refractivity contribution is 6.08. The highest BCUT2D eigenvalue weighted by Gasteiger charge is 2.15. The van der Waals surface area contributed by atoms with E-state index in [4.69, 9.17) is 0 Å². The second kappa shape index (κ2) is 8.30. The van der Waals surface area contributed by atoms with Crippen molar-refractivity contribution in [1.29, 1.82) is 0 Å². The van der Waals surface area contributed by atoms with Crippen LogP contribution in [0.5, 0.6) is 0 Å². The number of ketones is 1. The molecule has 29 heavy (non-hydrogen) atoms. The molecule has 0 aliphatic carbocycles. The fraction of sp³-hybridized carbons (Fsp3) is 0.0952. The van der Waals surface area contributed by atoms with E-state index in [0.717, 1.165) is 0 Å². The number of amides is 1. The quantitative estimate of drug-likeness (QED) is 0.394. The van der Waals surface area contributed by atoms with Gasteiger partial charge in [-0.05, 0) is 36.8 Å². The SMILES string of the molecule is CC(=O)c1ccccc1NC(=O)c1cccn(Cc2ccc([N+](=O)[O-])cc2)c1=O. The molecule has 0 saturated heterocycles. The zero-order chi connectivity index (χ0) is 21.0. The number of nitrogens with zero attached hydrogens (tertiary/aromatic N) is 2. The van der Waals surface area contributed by atoms with E-state index in [9.17, 15) is 24.5 Å². The zero-order valence-electron chi connectivity index (χ0n) is 15.5. The molecule has 1 N–H and O–H groups in total. The Bertz CT molecular complexity index is 1150. The molecular formula is C21H17N3O5. The Morgan fingerprint density at radius 2 is 1.66 bits per heavy atom. The fourth-order valence-electron chi connectivity index (χ4n) is 2.84. The van der Waals surface area contributed by atoms with Crippen LogP contribution < -0.4 is 10.9 Å². The van der Waals surface area contributed by atoms with E-state index in [-0.39, 0.29) is 23.6 Å². The number of pyridine rings is 1. The van der Waals surface area contributed by atoms with E-state index in [1.165, 1.54) is 35.9 Å². The number of para-hydroxylation sites is 1. The molecule has 1 aromatic heterocycles. The first-order valence-electron chi connectivity index (χ1n) is 8.71. The van der Waals surface area contributed by atoms with Gasteiger partial charge in [0.1, 0.15) is 5.56 Å². The van der Waals surface area contributed by atoms with Crippen LogP contribution in [0.1, 0.15) is 33.2 Å². The van der Waals surface area contributed by atoms with Gasteiger partial charge in [0, 0.05) is 23.9 Å². The number of anilines is 1. The van der Waals surface area contributed by atoms with Gasteiger partial charge in [-0.15, -0.1) is 0 Å². The highest BCUT2D eigenvalue weighted by atomic mass is 16.6. The van der Waals surface area contributed by atoms with Crippen LogP contribution >= 0.6 is 0 Å². The number of nitro benzene ring substituents is 1. The molecule has 0 atom stereocenters. The van der Waals surface area contributed by atoms with Gasteiger partial charge in [0.25, 0.3) is 17.2 Å². The first-order valence-corrected chi connectivity index (χ1v) is 8.71. The Labute approximate surface area is 165 Å². The van der Waals surface area contributed by atoms with Gasteiger partial charge in [0.15, 0.2) is 5.78 Å². The first-order chi connectivity index (χ1) is 13.9. The number of carbonyl (C=O) groups excluding carboxylic acids is 2. The van der Waals surface area contributed by atoms with Gasteiger partial charge in [0.05, 0.1) is 17.2 Å². The van der Waals surface area contributed by atoms with E-state index >= 15 is 0 Å². The lowest BCUT2D eigenvalue weighted by Crippen LogP contribution is -2.29. The third-order valence-electron chi connectivity index (χ3n) is 4.32. The fourth-order valence-corrected chi connectivity index (χ4v) is 2.84. The minimum Gasteiger partial charge on any atom is -0.321 e. The van der Waals surface area contributed by atoms with Crippen molar-refractivity contribution in [3.63, 3.8) is 0 Å². The van der Waals surface area contributed by atoms with Gasteiger partial charge in [-0.25, -0.2) is 0 Å². The summed E-state index contributed by atoms with van der Waals surface area (Å²) in [5, 5.41) is 13.4. The number of hydrogen-bond acceptors (Lipinski definition) is 5. The lowest BCUT2D eigenvalue weighted by Gasteiger charge is -2.11. The molecule has 0 aliphatic heterocycles. The van der Waals surface area contributed by atoms with E-state index in [2.05, 4.69) is 5.32 Å². The number of aromatic nitrogens is 1. The Balaban J connectivity index is 1.85. The maximum atomic E-state index is 12.7. The van der Waals surface area contributed by atoms with Gasteiger partial charge in [-0.2, -0.15) is 0 Å². The molecule has 2 aromatic carbocycles. The number of non-ortho nitro benzene ring substituents is 1. The van der Waals surface area contributed by atoms with Gasteiger partial charge in [0.2, 0.25) is 0 Å². The van der Waals surface area contributed by atoms with E-state index < -0.39 is 16.4 Å². The Kier molecular flexibility index (Phi) is 5.64. The number of nitro groups is 1. The van der Waals surface area contributed by atoms with Crippen LogP contribution in [0.3, 0.4) is 0 Å². The predicted molar refractivity (Wildman–Crippen MR) is 107 cm³/mol. The van der Waals surface area contributed by atoms with Crippen LogP contribution in [0.2, 0.25) is 0 Å². The summed E-state index contributed by atoms with van der Waals surface area (Å²) in [6.07, 6.45) is 1.53. The summed E-state index contributed by atoms with van der Waals surface area (Å²) in [6, 6.07) is 15.3. The van der Waals surface area contributed by atoms with E-state index in [1.807, 2.05) is 0 Å². The normalized spacial score (nSPS) is 10.4. The van der Waals surface area contributed by atoms with Crippen molar-refractivity contribution >= 4 is 23.1 Å². The van der Waals surface area contributed by atoms with Gasteiger partial charge in [-0.1, -0.05) is 24.3 Å². The topological polar surface area (TPSA) is 111 Å². The molecule has 0 saturated carbocycles. The third-order valence-corrected chi connectivity index (χ3v) is 4.32. The van der Waals surface area contributed by atoms with Gasteiger partial charge in [-0.3, -0.25) is 24.5 Å². The standard InChI is InChI=1S/C21H17N3O5/c1-14(25)17-5-2-3-7-19(17)22-20(26)18-6-4-12-23(21(18)27)13-15-8-10-16(11-9-15)24(28)29/h2-12H,13H2,1H3,(H,22,26). The highest BCUT2D eigenvalue weighted by Crippen LogP contribution is 2.16. The number of carbonyl (C=O) groups is 2. The molecule has 0 spiro atoms. The van der Waals surface area contributed by atoms with Crippen molar-refractivity contribution in [2.45, 2.75) is 13.5 Å². The minimum atomic E-state index is -0.623. The second-order valence-electron chi connectivity index (χ2n) is 6.33. The number of rotatable bonds is 6. The zero-order valence-corrected chi connectivity index (χ0v) is 15.5. The van der Waals surface area contributed by atoms with Crippen LogP contribution in [0.15, 0.2) is 71.7 Å². The number of hydrogen-bond donors (Lipinski definition) is 1. The lowest BCUT2D eigenvalue weighted by atomic mass is 10.1. The number of Topliss-reactive ketones (excluding diaryl/α,β-unsaturated/α-hetero) is 1. The largest absolute Gasteiger partial charge is 0.321 e. The van der Waals surface area contributed by atoms with Gasteiger partial charge >= 0.3 is 0 Å². The molecule has 8 nitrogen and oxygen atoms in total. The second-order valence-corrected chi connectivity index (χ2v) is 6.33. The first kappa shape index (κ1) is 19.7. The molecule has 8 heteroatoms. The van der Waals surface area contributed by atoms with Crippen LogP contribution in [-0.2, 0) is 6.54 Å². The molecule has 0 fully saturated rings. The molecule has 1 amide bonds. The number of nitrogens with one attached hydrogen (secondary N) is 1. The maximum absolute atomic E-state index is 12.7. The average Bonchev–Trinajstić information content (AvgIpc) is 2.70. The summed E-state index contributed by atoms with van der Waals surface area (Å²) >= 11 is 0. The van der Waals surface area contributed by atoms with E-state index in [1.54, 1.807) is 42.5 Å². The lowest BCUT2D eigenvalue weighted by molar-refractivity contribution is -0.384. The summed E-state index contributed by atoms with van der Waals surface area (Å²) in [5.41, 5.74) is 0.727. The van der Waals surface area contributed by atoms with Crippen molar-refractivity contribution in [2.75, 3.05) is 5.32 Å². The maximum Gasteiger partial charge on any atom is 0.269 e. The van der Waals surface area contributed by atoms with Crippen LogP contribution in [0, 0.1) is 10.1 Å². The minimum absolute atomic E-state index is 0.0432. The Morgan fingerprint density at radius 3 is 2.31 bits per heavy atom. The summed E-state index contributed by atoms with van der Waals surface area (Å²) in [6.45, 7) is 1.55. The molecule has 0 bridgehead atoms. The van der Waals surface area contributed by atoms with Crippen LogP contribution in [0.25, 0.3) is 0 Å². The molecular weight excluding hydrogens is 374 g/mol. The smallest absolute Gasteiger partial charge is 0.269 e. The molecule has 0 unspecified atom stereocenters. The molecule has 3 rings (SSSR count). The summed E-state index contributed by atoms with van der Waals surface area (Å²) < 4.78 is 1.34. The van der Waals surface area contributed by atoms with Crippen molar-refractivity contribution < 1.29 is 14.5 Å². The third kappa shape index (κ3) is 4.44. The van der Waals surface area contributed by atoms with Crippen LogP contribution in [-0.4, -0.2) is 21.2 Å². The van der Waals surface area contributed by atoms with Crippen molar-refractivity contribution in [1.82, 2.24) is 4.57 Å². The molecule has 1 heterocycles. The van der Waals surface area contributed by atoms with Crippen LogP contribution in [0.4, 0.5) is 11.4 Å². The molecule has 146 valence electrons. The Hall–Kier alpha value is -4.07. The average molecular weight is 391 g/mol.